The van der Waals surface area contributed by atoms with Crippen LogP contribution in [-0.4, -0.2) is 81.0 Å². The van der Waals surface area contributed by atoms with E-state index in [9.17, 15) is 29.4 Å². The zero-order chi connectivity index (χ0) is 25.0. The number of nitrogens with zero attached hydrogens (tertiary/aromatic N) is 2. The van der Waals surface area contributed by atoms with Gasteiger partial charge in [0.05, 0.1) is 6.04 Å². The number of phenols is 1. The zero-order valence-electron chi connectivity index (χ0n) is 19.6. The minimum absolute atomic E-state index is 0.0845. The Morgan fingerprint density at radius 2 is 1.62 bits per heavy atom. The lowest BCUT2D eigenvalue weighted by atomic mass is 10.0. The highest BCUT2D eigenvalue weighted by atomic mass is 16.4. The van der Waals surface area contributed by atoms with Crippen LogP contribution in [-0.2, 0) is 25.6 Å². The Kier molecular flexibility index (Phi) is 8.14. The minimum Gasteiger partial charge on any atom is -0.508 e. The number of likely N-dealkylation sites (tertiary alicyclic amines) is 2. The van der Waals surface area contributed by atoms with Crippen LogP contribution in [0, 0.1) is 5.92 Å². The van der Waals surface area contributed by atoms with Crippen molar-refractivity contribution in [2.45, 2.75) is 70.1 Å². The molecule has 10 nitrogen and oxygen atoms in total. The molecule has 2 saturated heterocycles. The molecule has 2 aliphatic rings. The number of benzene rings is 1. The van der Waals surface area contributed by atoms with Crippen LogP contribution in [0.15, 0.2) is 24.3 Å². The average Bonchev–Trinajstić information content (AvgIpc) is 3.48. The smallest absolute Gasteiger partial charge is 0.326 e. The molecule has 1 aromatic rings. The Bertz CT molecular complexity index is 919. The van der Waals surface area contributed by atoms with Gasteiger partial charge < -0.3 is 31.1 Å². The van der Waals surface area contributed by atoms with Crippen molar-refractivity contribution in [2.75, 3.05) is 13.1 Å². The lowest BCUT2D eigenvalue weighted by Crippen LogP contribution is -2.57. The largest absolute Gasteiger partial charge is 0.508 e. The summed E-state index contributed by atoms with van der Waals surface area (Å²) in [6, 6.07) is 2.94. The summed E-state index contributed by atoms with van der Waals surface area (Å²) in [4.78, 5) is 54.0. The van der Waals surface area contributed by atoms with Gasteiger partial charge in [0.2, 0.25) is 17.7 Å². The van der Waals surface area contributed by atoms with Gasteiger partial charge in [0.25, 0.3) is 0 Å². The summed E-state index contributed by atoms with van der Waals surface area (Å²) in [5, 5.41) is 21.8. The molecule has 2 fully saturated rings. The molecule has 34 heavy (non-hydrogen) atoms. The number of carbonyl (C=O) groups excluding carboxylic acids is 3. The van der Waals surface area contributed by atoms with E-state index in [2.05, 4.69) is 5.32 Å². The molecule has 186 valence electrons. The van der Waals surface area contributed by atoms with Crippen LogP contribution in [0.5, 0.6) is 5.75 Å². The molecule has 0 radical (unpaired) electrons. The number of hydrogen-bond acceptors (Lipinski definition) is 6. The van der Waals surface area contributed by atoms with Gasteiger partial charge in [-0.1, -0.05) is 26.0 Å². The van der Waals surface area contributed by atoms with E-state index in [1.54, 1.807) is 12.1 Å². The van der Waals surface area contributed by atoms with Crippen LogP contribution in [0.25, 0.3) is 0 Å². The molecule has 0 aromatic heterocycles. The fourth-order valence-electron chi connectivity index (χ4n) is 4.60. The summed E-state index contributed by atoms with van der Waals surface area (Å²) in [5.41, 5.74) is 6.71. The van der Waals surface area contributed by atoms with Crippen molar-refractivity contribution >= 4 is 23.7 Å². The molecule has 0 aliphatic carbocycles. The Hall–Kier alpha value is -3.14. The van der Waals surface area contributed by atoms with E-state index in [0.717, 1.165) is 5.56 Å². The van der Waals surface area contributed by atoms with Crippen LogP contribution < -0.4 is 11.1 Å². The second kappa shape index (κ2) is 10.9. The van der Waals surface area contributed by atoms with Gasteiger partial charge in [0, 0.05) is 19.5 Å². The number of aromatic hydroxyl groups is 1. The summed E-state index contributed by atoms with van der Waals surface area (Å²) in [6.07, 6.45) is 2.22. The second-order valence-electron chi connectivity index (χ2n) is 9.42. The summed E-state index contributed by atoms with van der Waals surface area (Å²) in [7, 11) is 0. The number of carboxylic acid groups (broad SMARTS) is 1. The van der Waals surface area contributed by atoms with Crippen molar-refractivity contribution in [3.63, 3.8) is 0 Å². The van der Waals surface area contributed by atoms with E-state index in [1.807, 2.05) is 13.8 Å². The Balaban J connectivity index is 1.81. The SMILES string of the molecule is CC(C)C(N)C(=O)NC(Cc1ccc(O)cc1)C(=O)N1CCCC1C(=O)N1CCCC1C(=O)O. The van der Waals surface area contributed by atoms with E-state index in [-0.39, 0.29) is 24.0 Å². The fraction of sp³-hybridized carbons (Fsp3) is 0.583. The number of rotatable bonds is 8. The minimum atomic E-state index is -1.04. The average molecular weight is 475 g/mol. The highest BCUT2D eigenvalue weighted by Gasteiger charge is 2.43. The van der Waals surface area contributed by atoms with Crippen LogP contribution in [0.1, 0.15) is 45.1 Å². The van der Waals surface area contributed by atoms with Gasteiger partial charge in [-0.15, -0.1) is 0 Å². The van der Waals surface area contributed by atoms with E-state index < -0.39 is 42.0 Å². The van der Waals surface area contributed by atoms with E-state index in [0.29, 0.717) is 38.8 Å². The summed E-state index contributed by atoms with van der Waals surface area (Å²) in [6.45, 7) is 4.32. The monoisotopic (exact) mass is 474 g/mol. The van der Waals surface area contributed by atoms with E-state index in [4.69, 9.17) is 5.73 Å². The normalized spacial score (nSPS) is 22.0. The molecule has 0 saturated carbocycles. The number of hydrogen-bond donors (Lipinski definition) is 4. The number of aliphatic carboxylic acids is 1. The second-order valence-corrected chi connectivity index (χ2v) is 9.42. The van der Waals surface area contributed by atoms with Gasteiger partial charge in [-0.2, -0.15) is 0 Å². The van der Waals surface area contributed by atoms with Crippen molar-refractivity contribution in [1.82, 2.24) is 15.1 Å². The molecule has 1 aromatic carbocycles. The molecule has 3 amide bonds. The van der Waals surface area contributed by atoms with Gasteiger partial charge >= 0.3 is 5.97 Å². The zero-order valence-corrected chi connectivity index (χ0v) is 19.6. The van der Waals surface area contributed by atoms with E-state index >= 15 is 0 Å². The van der Waals surface area contributed by atoms with Crippen molar-refractivity contribution in [1.29, 1.82) is 0 Å². The standard InChI is InChI=1S/C24H34N4O6/c1-14(2)20(25)21(30)26-17(13-15-7-9-16(29)10-8-15)22(31)27-11-3-5-18(27)23(32)28-12-4-6-19(28)24(33)34/h7-10,14,17-20,29H,3-6,11-13,25H2,1-2H3,(H,26,30)(H,33,34). The number of nitrogens with two attached hydrogens (primary N) is 1. The van der Waals surface area contributed by atoms with Crippen molar-refractivity contribution in [3.8, 4) is 5.75 Å². The first-order valence-corrected chi connectivity index (χ1v) is 11.8. The lowest BCUT2D eigenvalue weighted by molar-refractivity contribution is -0.152. The van der Waals surface area contributed by atoms with Crippen molar-refractivity contribution in [2.24, 2.45) is 11.7 Å². The predicted molar refractivity (Wildman–Crippen MR) is 124 cm³/mol. The third-order valence-corrected chi connectivity index (χ3v) is 6.65. The van der Waals surface area contributed by atoms with Gasteiger partial charge in [-0.3, -0.25) is 14.4 Å². The van der Waals surface area contributed by atoms with Crippen LogP contribution in [0.4, 0.5) is 0 Å². The molecule has 4 atom stereocenters. The Morgan fingerprint density at radius 1 is 1.03 bits per heavy atom. The fourth-order valence-corrected chi connectivity index (χ4v) is 4.60. The molecule has 4 unspecified atom stereocenters. The molecular formula is C24H34N4O6. The molecule has 0 bridgehead atoms. The molecule has 3 rings (SSSR count). The summed E-state index contributed by atoms with van der Waals surface area (Å²) < 4.78 is 0. The van der Waals surface area contributed by atoms with Crippen LogP contribution in [0.3, 0.4) is 0 Å². The third kappa shape index (κ3) is 5.67. The summed E-state index contributed by atoms with van der Waals surface area (Å²) >= 11 is 0. The van der Waals surface area contributed by atoms with Crippen molar-refractivity contribution in [3.05, 3.63) is 29.8 Å². The first-order chi connectivity index (χ1) is 16.1. The maximum atomic E-state index is 13.6. The maximum Gasteiger partial charge on any atom is 0.326 e. The lowest BCUT2D eigenvalue weighted by Gasteiger charge is -2.32. The molecule has 5 N–H and O–H groups in total. The number of amides is 3. The van der Waals surface area contributed by atoms with Gasteiger partial charge in [0.1, 0.15) is 23.9 Å². The molecular weight excluding hydrogens is 440 g/mol. The molecule has 2 heterocycles. The van der Waals surface area contributed by atoms with Gasteiger partial charge in [-0.05, 0) is 49.3 Å². The quantitative estimate of drug-likeness (QED) is 0.427. The number of carbonyl (C=O) groups is 4. The van der Waals surface area contributed by atoms with Crippen LogP contribution >= 0.6 is 0 Å². The first-order valence-electron chi connectivity index (χ1n) is 11.8. The number of phenolic OH excluding ortho intramolecular Hbond substituents is 1. The molecule has 10 heteroatoms. The Morgan fingerprint density at radius 3 is 2.21 bits per heavy atom. The van der Waals surface area contributed by atoms with Gasteiger partial charge in [0.15, 0.2) is 0 Å². The van der Waals surface area contributed by atoms with Crippen LogP contribution in [0.2, 0.25) is 0 Å². The molecule has 0 spiro atoms. The maximum absolute atomic E-state index is 13.6. The molecule has 2 aliphatic heterocycles. The highest BCUT2D eigenvalue weighted by Crippen LogP contribution is 2.26. The number of nitrogens with one attached hydrogen (secondary N) is 1. The summed E-state index contributed by atoms with van der Waals surface area (Å²) in [5.74, 6) is -2.31. The number of carboxylic acids is 1. The highest BCUT2D eigenvalue weighted by molar-refractivity contribution is 5.95. The predicted octanol–water partition coefficient (Wildman–Crippen LogP) is 0.469. The third-order valence-electron chi connectivity index (χ3n) is 6.65. The first kappa shape index (κ1) is 25.5. The Labute approximate surface area is 199 Å². The van der Waals surface area contributed by atoms with Crippen molar-refractivity contribution < 1.29 is 29.4 Å². The van der Waals surface area contributed by atoms with Gasteiger partial charge in [-0.25, -0.2) is 4.79 Å². The topological polar surface area (TPSA) is 153 Å². The van der Waals surface area contributed by atoms with E-state index in [1.165, 1.54) is 21.9 Å².